The van der Waals surface area contributed by atoms with E-state index in [0.717, 1.165) is 11.1 Å². The van der Waals surface area contributed by atoms with Gasteiger partial charge < -0.3 is 10.2 Å². The van der Waals surface area contributed by atoms with Gasteiger partial charge in [-0.2, -0.15) is 0 Å². The molecule has 6 nitrogen and oxygen atoms in total. The highest BCUT2D eigenvalue weighted by atomic mass is 32.1. The van der Waals surface area contributed by atoms with Crippen molar-refractivity contribution in [3.05, 3.63) is 77.1 Å². The van der Waals surface area contributed by atoms with Gasteiger partial charge >= 0.3 is 0 Å². The molecule has 0 spiro atoms. The zero-order chi connectivity index (χ0) is 17.9. The van der Waals surface area contributed by atoms with Crippen LogP contribution in [0.3, 0.4) is 0 Å². The average Bonchev–Trinajstić information content (AvgIpc) is 3.29. The van der Waals surface area contributed by atoms with Crippen LogP contribution in [0, 0.1) is 0 Å². The topological polar surface area (TPSA) is 75.2 Å². The molecule has 3 heterocycles. The Morgan fingerprint density at radius 1 is 1.23 bits per heavy atom. The number of carbonyl (C=O) groups is 2. The molecule has 1 atom stereocenters. The molecule has 1 aliphatic rings. The summed E-state index contributed by atoms with van der Waals surface area (Å²) in [4.78, 5) is 35.6. The van der Waals surface area contributed by atoms with Crippen LogP contribution in [0.1, 0.15) is 21.5 Å². The van der Waals surface area contributed by atoms with E-state index in [-0.39, 0.29) is 11.8 Å². The molecule has 0 saturated carbocycles. The lowest BCUT2D eigenvalue weighted by Gasteiger charge is -2.26. The minimum atomic E-state index is -0.636. The SMILES string of the molecule is O=C(Nc1nccs1)C(Cc1cccnc1)N1Cc2ccccc2C1=O. The Bertz CT molecular complexity index is 928. The second kappa shape index (κ2) is 7.05. The van der Waals surface area contributed by atoms with Gasteiger partial charge in [0.25, 0.3) is 5.91 Å². The van der Waals surface area contributed by atoms with E-state index in [1.54, 1.807) is 34.9 Å². The first-order valence-electron chi connectivity index (χ1n) is 8.20. The zero-order valence-corrected chi connectivity index (χ0v) is 14.6. The van der Waals surface area contributed by atoms with Crippen molar-refractivity contribution >= 4 is 28.3 Å². The summed E-state index contributed by atoms with van der Waals surface area (Å²) in [5, 5.41) is 5.14. The van der Waals surface area contributed by atoms with E-state index >= 15 is 0 Å². The lowest BCUT2D eigenvalue weighted by Crippen LogP contribution is -2.45. The Balaban J connectivity index is 1.62. The van der Waals surface area contributed by atoms with Crippen LogP contribution < -0.4 is 5.32 Å². The van der Waals surface area contributed by atoms with E-state index < -0.39 is 6.04 Å². The number of fused-ring (bicyclic) bond motifs is 1. The highest BCUT2D eigenvalue weighted by Gasteiger charge is 2.36. The number of nitrogens with one attached hydrogen (secondary N) is 1. The number of amides is 2. The van der Waals surface area contributed by atoms with Crippen molar-refractivity contribution in [1.29, 1.82) is 0 Å². The molecule has 1 aromatic carbocycles. The van der Waals surface area contributed by atoms with E-state index in [1.807, 2.05) is 30.3 Å². The molecule has 130 valence electrons. The second-order valence-electron chi connectivity index (χ2n) is 6.00. The first-order chi connectivity index (χ1) is 12.7. The lowest BCUT2D eigenvalue weighted by molar-refractivity contribution is -0.120. The van der Waals surface area contributed by atoms with Crippen LogP contribution in [0.4, 0.5) is 5.13 Å². The third-order valence-electron chi connectivity index (χ3n) is 4.34. The molecule has 1 N–H and O–H groups in total. The van der Waals surface area contributed by atoms with Crippen LogP contribution in [-0.4, -0.2) is 32.7 Å². The number of hydrogen-bond donors (Lipinski definition) is 1. The number of pyridine rings is 1. The molecule has 0 radical (unpaired) electrons. The lowest BCUT2D eigenvalue weighted by atomic mass is 10.1. The number of rotatable bonds is 5. The van der Waals surface area contributed by atoms with E-state index in [9.17, 15) is 9.59 Å². The predicted molar refractivity (Wildman–Crippen MR) is 98.8 cm³/mol. The number of nitrogens with zero attached hydrogens (tertiary/aromatic N) is 3. The quantitative estimate of drug-likeness (QED) is 0.755. The van der Waals surface area contributed by atoms with Crippen LogP contribution in [0.15, 0.2) is 60.4 Å². The molecule has 2 aromatic heterocycles. The van der Waals surface area contributed by atoms with E-state index in [1.165, 1.54) is 11.3 Å². The highest BCUT2D eigenvalue weighted by molar-refractivity contribution is 7.13. The van der Waals surface area contributed by atoms with Crippen molar-refractivity contribution in [2.45, 2.75) is 19.0 Å². The molecule has 2 amide bonds. The number of carbonyl (C=O) groups excluding carboxylic acids is 2. The minimum absolute atomic E-state index is 0.122. The first kappa shape index (κ1) is 16.4. The summed E-state index contributed by atoms with van der Waals surface area (Å²) in [5.41, 5.74) is 2.50. The van der Waals surface area contributed by atoms with Gasteiger partial charge in [0.15, 0.2) is 5.13 Å². The van der Waals surface area contributed by atoms with E-state index in [4.69, 9.17) is 0 Å². The van der Waals surface area contributed by atoms with Gasteiger partial charge in [0, 0.05) is 42.5 Å². The monoisotopic (exact) mass is 364 g/mol. The van der Waals surface area contributed by atoms with Crippen molar-refractivity contribution in [2.24, 2.45) is 0 Å². The summed E-state index contributed by atoms with van der Waals surface area (Å²) in [6.45, 7) is 0.422. The smallest absolute Gasteiger partial charge is 0.255 e. The number of hydrogen-bond acceptors (Lipinski definition) is 5. The summed E-state index contributed by atoms with van der Waals surface area (Å²) in [7, 11) is 0. The zero-order valence-electron chi connectivity index (χ0n) is 13.8. The number of anilines is 1. The summed E-state index contributed by atoms with van der Waals surface area (Å²) >= 11 is 1.35. The van der Waals surface area contributed by atoms with Crippen LogP contribution >= 0.6 is 11.3 Å². The molecular weight excluding hydrogens is 348 g/mol. The molecule has 26 heavy (non-hydrogen) atoms. The van der Waals surface area contributed by atoms with Gasteiger partial charge in [-0.1, -0.05) is 24.3 Å². The molecule has 3 aromatic rings. The van der Waals surface area contributed by atoms with Crippen molar-refractivity contribution in [2.75, 3.05) is 5.32 Å². The van der Waals surface area contributed by atoms with Gasteiger partial charge in [-0.3, -0.25) is 14.6 Å². The van der Waals surface area contributed by atoms with Gasteiger partial charge in [-0.25, -0.2) is 4.98 Å². The third kappa shape index (κ3) is 3.21. The fourth-order valence-electron chi connectivity index (χ4n) is 3.09. The second-order valence-corrected chi connectivity index (χ2v) is 6.89. The molecule has 1 unspecified atom stereocenters. The highest BCUT2D eigenvalue weighted by Crippen LogP contribution is 2.26. The van der Waals surface area contributed by atoms with Gasteiger partial charge in [-0.15, -0.1) is 11.3 Å². The van der Waals surface area contributed by atoms with Gasteiger partial charge in [-0.05, 0) is 23.3 Å². The fraction of sp³-hybridized carbons (Fsp3) is 0.158. The molecular formula is C19H16N4O2S. The Morgan fingerprint density at radius 2 is 2.12 bits per heavy atom. The Kier molecular flexibility index (Phi) is 4.45. The predicted octanol–water partition coefficient (Wildman–Crippen LogP) is 2.74. The normalized spacial score (nSPS) is 14.2. The van der Waals surface area contributed by atoms with Crippen molar-refractivity contribution in [3.63, 3.8) is 0 Å². The number of benzene rings is 1. The molecule has 0 bridgehead atoms. The maximum atomic E-state index is 12.9. The summed E-state index contributed by atoms with van der Waals surface area (Å²) in [6.07, 6.45) is 5.43. The van der Waals surface area contributed by atoms with Gasteiger partial charge in [0.1, 0.15) is 6.04 Å². The summed E-state index contributed by atoms with van der Waals surface area (Å²) in [6, 6.07) is 10.6. The molecule has 0 aliphatic carbocycles. The maximum Gasteiger partial charge on any atom is 0.255 e. The van der Waals surface area contributed by atoms with Gasteiger partial charge in [0.2, 0.25) is 5.91 Å². The van der Waals surface area contributed by atoms with Crippen molar-refractivity contribution in [1.82, 2.24) is 14.9 Å². The van der Waals surface area contributed by atoms with Crippen molar-refractivity contribution < 1.29 is 9.59 Å². The number of thiazole rings is 1. The standard InChI is InChI=1S/C19H16N4O2S/c24-17(22-19-21-8-9-26-19)16(10-13-4-3-7-20-11-13)23-12-14-5-1-2-6-15(14)18(23)25/h1-9,11,16H,10,12H2,(H,21,22,24). The minimum Gasteiger partial charge on any atom is -0.322 e. The third-order valence-corrected chi connectivity index (χ3v) is 5.03. The van der Waals surface area contributed by atoms with Crippen LogP contribution in [0.2, 0.25) is 0 Å². The fourth-order valence-corrected chi connectivity index (χ4v) is 3.62. The first-order valence-corrected chi connectivity index (χ1v) is 9.08. The van der Waals surface area contributed by atoms with Crippen LogP contribution in [-0.2, 0) is 17.8 Å². The largest absolute Gasteiger partial charge is 0.322 e. The summed E-state index contributed by atoms with van der Waals surface area (Å²) in [5.74, 6) is -0.367. The van der Waals surface area contributed by atoms with E-state index in [2.05, 4.69) is 15.3 Å². The molecule has 7 heteroatoms. The van der Waals surface area contributed by atoms with Crippen molar-refractivity contribution in [3.8, 4) is 0 Å². The summed E-state index contributed by atoms with van der Waals surface area (Å²) < 4.78 is 0. The van der Waals surface area contributed by atoms with E-state index in [0.29, 0.717) is 23.7 Å². The van der Waals surface area contributed by atoms with Crippen LogP contribution in [0.5, 0.6) is 0 Å². The Hall–Kier alpha value is -3.06. The Labute approximate surface area is 154 Å². The van der Waals surface area contributed by atoms with Gasteiger partial charge in [0.05, 0.1) is 0 Å². The molecule has 0 fully saturated rings. The molecule has 1 aliphatic heterocycles. The molecule has 4 rings (SSSR count). The molecule has 0 saturated heterocycles. The van der Waals surface area contributed by atoms with Crippen LogP contribution in [0.25, 0.3) is 0 Å². The number of aromatic nitrogens is 2. The Morgan fingerprint density at radius 3 is 2.85 bits per heavy atom. The maximum absolute atomic E-state index is 12.9. The average molecular weight is 364 g/mol.